The number of hydrogen-bond acceptors (Lipinski definition) is 3. The molecular formula is C23H22N4O2. The number of para-hydroxylation sites is 1. The third kappa shape index (κ3) is 3.52. The summed E-state index contributed by atoms with van der Waals surface area (Å²) in [5, 5.41) is 8.09. The fourth-order valence-electron chi connectivity index (χ4n) is 3.45. The Balaban J connectivity index is 1.54. The van der Waals surface area contributed by atoms with Crippen LogP contribution in [-0.2, 0) is 11.8 Å². The van der Waals surface area contributed by atoms with Gasteiger partial charge < -0.3 is 10.6 Å². The number of fused-ring (bicyclic) bond motifs is 1. The Morgan fingerprint density at radius 3 is 2.41 bits per heavy atom. The quantitative estimate of drug-likeness (QED) is 0.550. The molecule has 0 bridgehead atoms. The first-order chi connectivity index (χ1) is 14.1. The Labute approximate surface area is 168 Å². The smallest absolute Gasteiger partial charge is 0.295 e. The van der Waals surface area contributed by atoms with Gasteiger partial charge in [0.1, 0.15) is 5.69 Å². The van der Waals surface area contributed by atoms with Gasteiger partial charge in [-0.1, -0.05) is 54.6 Å². The van der Waals surface area contributed by atoms with Crippen molar-refractivity contribution in [1.29, 1.82) is 0 Å². The summed E-state index contributed by atoms with van der Waals surface area (Å²) < 4.78 is 3.29. The Kier molecular flexibility index (Phi) is 4.91. The first-order valence-corrected chi connectivity index (χ1v) is 9.42. The molecule has 2 N–H and O–H groups in total. The minimum absolute atomic E-state index is 0.0626. The Morgan fingerprint density at radius 1 is 0.931 bits per heavy atom. The fraction of sp³-hybridized carbons (Fsp3) is 0.130. The number of hydrogen-bond donors (Lipinski definition) is 2. The number of amides is 1. The zero-order chi connectivity index (χ0) is 20.4. The van der Waals surface area contributed by atoms with Crippen LogP contribution in [0, 0.1) is 6.92 Å². The van der Waals surface area contributed by atoms with Gasteiger partial charge in [0.25, 0.3) is 5.56 Å². The van der Waals surface area contributed by atoms with E-state index in [-0.39, 0.29) is 18.0 Å². The van der Waals surface area contributed by atoms with Gasteiger partial charge >= 0.3 is 0 Å². The monoisotopic (exact) mass is 386 g/mol. The van der Waals surface area contributed by atoms with Gasteiger partial charge in [0.15, 0.2) is 0 Å². The standard InChI is InChI=1S/C23H22N4O2/c1-16-22(23(29)27(26(16)2)18-11-4-3-5-12-18)25-21(28)15-24-20-14-8-10-17-9-6-7-13-19(17)20/h3-14,24H,15H2,1-2H3,(H,25,28). The van der Waals surface area contributed by atoms with Gasteiger partial charge in [0, 0.05) is 18.1 Å². The van der Waals surface area contributed by atoms with E-state index in [1.54, 1.807) is 16.4 Å². The number of carbonyl (C=O) groups is 1. The molecule has 1 amide bonds. The predicted octanol–water partition coefficient (Wildman–Crippen LogP) is 3.69. The molecule has 1 heterocycles. The van der Waals surface area contributed by atoms with Crippen LogP contribution in [0.1, 0.15) is 5.69 Å². The van der Waals surface area contributed by atoms with E-state index in [0.717, 1.165) is 22.1 Å². The van der Waals surface area contributed by atoms with Crippen LogP contribution in [0.2, 0.25) is 0 Å². The molecule has 0 atom stereocenters. The molecule has 1 aromatic heterocycles. The molecule has 3 aromatic carbocycles. The van der Waals surface area contributed by atoms with Crippen molar-refractivity contribution in [3.05, 3.63) is 88.8 Å². The van der Waals surface area contributed by atoms with Crippen molar-refractivity contribution in [2.45, 2.75) is 6.92 Å². The van der Waals surface area contributed by atoms with E-state index in [4.69, 9.17) is 0 Å². The highest BCUT2D eigenvalue weighted by molar-refractivity contribution is 5.98. The number of carbonyl (C=O) groups excluding carboxylic acids is 1. The SMILES string of the molecule is Cc1c(NC(=O)CNc2cccc3ccccc23)c(=O)n(-c2ccccc2)n1C. The summed E-state index contributed by atoms with van der Waals surface area (Å²) in [5.41, 5.74) is 2.36. The number of aromatic nitrogens is 2. The highest BCUT2D eigenvalue weighted by Gasteiger charge is 2.18. The van der Waals surface area contributed by atoms with Crippen LogP contribution in [0.5, 0.6) is 0 Å². The molecule has 0 aliphatic carbocycles. The van der Waals surface area contributed by atoms with Crippen LogP contribution in [-0.4, -0.2) is 21.8 Å². The lowest BCUT2D eigenvalue weighted by atomic mass is 10.1. The predicted molar refractivity (Wildman–Crippen MR) is 117 cm³/mol. The highest BCUT2D eigenvalue weighted by Crippen LogP contribution is 2.22. The summed E-state index contributed by atoms with van der Waals surface area (Å²) in [6, 6.07) is 23.2. The molecule has 29 heavy (non-hydrogen) atoms. The van der Waals surface area contributed by atoms with Crippen LogP contribution in [0.4, 0.5) is 11.4 Å². The van der Waals surface area contributed by atoms with Gasteiger partial charge in [-0.3, -0.25) is 14.3 Å². The minimum atomic E-state index is -0.274. The first-order valence-electron chi connectivity index (χ1n) is 9.42. The van der Waals surface area contributed by atoms with Crippen LogP contribution < -0.4 is 16.2 Å². The van der Waals surface area contributed by atoms with Crippen LogP contribution in [0.3, 0.4) is 0 Å². The van der Waals surface area contributed by atoms with E-state index < -0.39 is 0 Å². The number of benzene rings is 3. The summed E-state index contributed by atoms with van der Waals surface area (Å²) in [4.78, 5) is 25.5. The third-order valence-electron chi connectivity index (χ3n) is 5.05. The van der Waals surface area contributed by atoms with Crippen molar-refractivity contribution < 1.29 is 4.79 Å². The van der Waals surface area contributed by atoms with Crippen molar-refractivity contribution >= 4 is 28.1 Å². The van der Waals surface area contributed by atoms with E-state index in [0.29, 0.717) is 11.4 Å². The molecule has 0 radical (unpaired) electrons. The van der Waals surface area contributed by atoms with Gasteiger partial charge in [-0.15, -0.1) is 0 Å². The van der Waals surface area contributed by atoms with Crippen molar-refractivity contribution in [2.24, 2.45) is 7.05 Å². The molecule has 0 fully saturated rings. The molecule has 0 saturated heterocycles. The third-order valence-corrected chi connectivity index (χ3v) is 5.05. The zero-order valence-corrected chi connectivity index (χ0v) is 16.3. The second-order valence-electron chi connectivity index (χ2n) is 6.86. The van der Waals surface area contributed by atoms with Crippen LogP contribution in [0.15, 0.2) is 77.6 Å². The van der Waals surface area contributed by atoms with Gasteiger partial charge in [-0.25, -0.2) is 4.68 Å². The van der Waals surface area contributed by atoms with E-state index >= 15 is 0 Å². The maximum absolute atomic E-state index is 12.9. The topological polar surface area (TPSA) is 68.1 Å². The second kappa shape index (κ2) is 7.67. The molecule has 6 nitrogen and oxygen atoms in total. The van der Waals surface area contributed by atoms with Crippen molar-refractivity contribution in [3.8, 4) is 5.69 Å². The van der Waals surface area contributed by atoms with Crippen LogP contribution >= 0.6 is 0 Å². The maximum Gasteiger partial charge on any atom is 0.295 e. The molecule has 4 aromatic rings. The average molecular weight is 386 g/mol. The zero-order valence-electron chi connectivity index (χ0n) is 16.3. The molecule has 4 rings (SSSR count). The molecule has 0 spiro atoms. The van der Waals surface area contributed by atoms with Gasteiger partial charge in [-0.2, -0.15) is 0 Å². The summed E-state index contributed by atoms with van der Waals surface area (Å²) in [5.74, 6) is -0.274. The minimum Gasteiger partial charge on any atom is -0.376 e. The Hall–Kier alpha value is -3.80. The van der Waals surface area contributed by atoms with E-state index in [2.05, 4.69) is 10.6 Å². The fourth-order valence-corrected chi connectivity index (χ4v) is 3.45. The van der Waals surface area contributed by atoms with Crippen molar-refractivity contribution in [2.75, 3.05) is 17.2 Å². The number of nitrogens with zero attached hydrogens (tertiary/aromatic N) is 2. The second-order valence-corrected chi connectivity index (χ2v) is 6.86. The number of anilines is 2. The van der Waals surface area contributed by atoms with Crippen molar-refractivity contribution in [1.82, 2.24) is 9.36 Å². The molecule has 146 valence electrons. The summed E-state index contributed by atoms with van der Waals surface area (Å²) >= 11 is 0. The summed E-state index contributed by atoms with van der Waals surface area (Å²) in [6.07, 6.45) is 0. The molecule has 0 aliphatic heterocycles. The van der Waals surface area contributed by atoms with Gasteiger partial charge in [-0.05, 0) is 30.5 Å². The molecule has 0 unspecified atom stereocenters. The van der Waals surface area contributed by atoms with Gasteiger partial charge in [0.2, 0.25) is 5.91 Å². The maximum atomic E-state index is 12.9. The lowest BCUT2D eigenvalue weighted by molar-refractivity contribution is -0.114. The van der Waals surface area contributed by atoms with E-state index in [9.17, 15) is 9.59 Å². The molecule has 6 heteroatoms. The molecule has 0 aliphatic rings. The highest BCUT2D eigenvalue weighted by atomic mass is 16.2. The van der Waals surface area contributed by atoms with Gasteiger partial charge in [0.05, 0.1) is 17.9 Å². The largest absolute Gasteiger partial charge is 0.376 e. The average Bonchev–Trinajstić information content (AvgIpc) is 2.96. The van der Waals surface area contributed by atoms with Crippen molar-refractivity contribution in [3.63, 3.8) is 0 Å². The summed E-state index contributed by atoms with van der Waals surface area (Å²) in [7, 11) is 1.80. The Morgan fingerprint density at radius 2 is 1.62 bits per heavy atom. The number of rotatable bonds is 5. The lowest BCUT2D eigenvalue weighted by Gasteiger charge is -2.10. The Bertz CT molecular complexity index is 1230. The molecular weight excluding hydrogens is 364 g/mol. The van der Waals surface area contributed by atoms with E-state index in [1.165, 1.54) is 0 Å². The van der Waals surface area contributed by atoms with E-state index in [1.807, 2.05) is 79.7 Å². The molecule has 0 saturated carbocycles. The lowest BCUT2D eigenvalue weighted by Crippen LogP contribution is -2.26. The normalized spacial score (nSPS) is 10.8. The van der Waals surface area contributed by atoms with Crippen LogP contribution in [0.25, 0.3) is 16.5 Å². The first kappa shape index (κ1) is 18.6. The summed E-state index contributed by atoms with van der Waals surface area (Å²) in [6.45, 7) is 1.88. The number of nitrogens with one attached hydrogen (secondary N) is 2.